The van der Waals surface area contributed by atoms with Crippen molar-refractivity contribution >= 4 is 61.2 Å². The van der Waals surface area contributed by atoms with Crippen molar-refractivity contribution in [2.24, 2.45) is 0 Å². The molecule has 4 nitrogen and oxygen atoms in total. The minimum Gasteiger partial charge on any atom is -0.507 e. The number of thiophene rings is 1. The lowest BCUT2D eigenvalue weighted by atomic mass is 9.96. The number of fused-ring (bicyclic) bond motifs is 1. The molecule has 1 aliphatic heterocycles. The number of carbonyl (C=O) groups is 2. The first-order valence-corrected chi connectivity index (χ1v) is 11.3. The van der Waals surface area contributed by atoms with Crippen LogP contribution in [0, 0.1) is 0 Å². The third-order valence-electron chi connectivity index (χ3n) is 5.39. The summed E-state index contributed by atoms with van der Waals surface area (Å²) in [4.78, 5) is 28.6. The number of halogens is 1. The third-order valence-corrected chi connectivity index (χ3v) is 6.81. The molecule has 5 rings (SSSR count). The highest BCUT2D eigenvalue weighted by Gasteiger charge is 2.47. The number of anilines is 1. The number of aliphatic hydroxyl groups is 1. The van der Waals surface area contributed by atoms with E-state index in [0.717, 1.165) is 20.1 Å². The Labute approximate surface area is 191 Å². The summed E-state index contributed by atoms with van der Waals surface area (Å²) in [6.45, 7) is 0. The van der Waals surface area contributed by atoms with Crippen LogP contribution in [0.5, 0.6) is 0 Å². The molecule has 1 aliphatic rings. The van der Waals surface area contributed by atoms with Crippen LogP contribution >= 0.6 is 27.3 Å². The number of hydrogen-bond donors (Lipinski definition) is 1. The SMILES string of the molecule is O=C1C(=O)N(c2cccc(Br)c2)C(c2cccs2)/C1=C(/O)c1cccc2ccccc12. The summed E-state index contributed by atoms with van der Waals surface area (Å²) < 4.78 is 0.797. The van der Waals surface area contributed by atoms with Gasteiger partial charge in [0.2, 0.25) is 0 Å². The number of benzene rings is 3. The third kappa shape index (κ3) is 3.28. The van der Waals surface area contributed by atoms with Crippen LogP contribution in [0.1, 0.15) is 16.5 Å². The fourth-order valence-corrected chi connectivity index (χ4v) is 5.23. The molecule has 3 aromatic carbocycles. The maximum Gasteiger partial charge on any atom is 0.300 e. The number of amides is 1. The van der Waals surface area contributed by atoms with Crippen molar-refractivity contribution < 1.29 is 14.7 Å². The first-order valence-electron chi connectivity index (χ1n) is 9.64. The number of rotatable bonds is 3. The van der Waals surface area contributed by atoms with Gasteiger partial charge in [0.15, 0.2) is 0 Å². The van der Waals surface area contributed by atoms with E-state index in [2.05, 4.69) is 15.9 Å². The summed E-state index contributed by atoms with van der Waals surface area (Å²) in [6.07, 6.45) is 0. The highest BCUT2D eigenvalue weighted by Crippen LogP contribution is 2.44. The van der Waals surface area contributed by atoms with Gasteiger partial charge in [-0.15, -0.1) is 11.3 Å². The van der Waals surface area contributed by atoms with E-state index in [1.807, 2.05) is 66.0 Å². The number of Topliss-reactive ketones (excluding diaryl/α,β-unsaturated/α-hetero) is 1. The smallest absolute Gasteiger partial charge is 0.300 e. The van der Waals surface area contributed by atoms with E-state index in [-0.39, 0.29) is 11.3 Å². The molecule has 0 aliphatic carbocycles. The second kappa shape index (κ2) is 7.80. The minimum atomic E-state index is -0.701. The molecule has 1 atom stereocenters. The summed E-state index contributed by atoms with van der Waals surface area (Å²) >= 11 is 4.88. The molecule has 1 N–H and O–H groups in total. The molecule has 1 saturated heterocycles. The molecule has 0 spiro atoms. The highest BCUT2D eigenvalue weighted by molar-refractivity contribution is 9.10. The Morgan fingerprint density at radius 1 is 0.935 bits per heavy atom. The molecule has 2 heterocycles. The average Bonchev–Trinajstić information content (AvgIpc) is 3.40. The largest absolute Gasteiger partial charge is 0.507 e. The van der Waals surface area contributed by atoms with Gasteiger partial charge in [0.1, 0.15) is 11.8 Å². The Morgan fingerprint density at radius 3 is 2.48 bits per heavy atom. The van der Waals surface area contributed by atoms with Crippen LogP contribution < -0.4 is 4.90 Å². The van der Waals surface area contributed by atoms with Crippen LogP contribution in [0.3, 0.4) is 0 Å². The lowest BCUT2D eigenvalue weighted by molar-refractivity contribution is -0.132. The van der Waals surface area contributed by atoms with Crippen molar-refractivity contribution in [3.8, 4) is 0 Å². The van der Waals surface area contributed by atoms with Gasteiger partial charge < -0.3 is 5.11 Å². The predicted octanol–water partition coefficient (Wildman–Crippen LogP) is 6.29. The average molecular weight is 490 g/mol. The van der Waals surface area contributed by atoms with E-state index in [0.29, 0.717) is 11.3 Å². The van der Waals surface area contributed by atoms with Gasteiger partial charge in [-0.2, -0.15) is 0 Å². The number of carbonyl (C=O) groups excluding carboxylic acids is 2. The van der Waals surface area contributed by atoms with Crippen molar-refractivity contribution in [2.45, 2.75) is 6.04 Å². The van der Waals surface area contributed by atoms with E-state index < -0.39 is 17.7 Å². The Kier molecular flexibility index (Phi) is 4.96. The first-order chi connectivity index (χ1) is 15.1. The molecule has 1 aromatic heterocycles. The van der Waals surface area contributed by atoms with E-state index in [9.17, 15) is 14.7 Å². The molecule has 0 saturated carbocycles. The van der Waals surface area contributed by atoms with Crippen LogP contribution in [-0.2, 0) is 9.59 Å². The van der Waals surface area contributed by atoms with Crippen molar-refractivity contribution in [3.63, 3.8) is 0 Å². The normalized spacial score (nSPS) is 18.1. The van der Waals surface area contributed by atoms with Crippen LogP contribution in [0.2, 0.25) is 0 Å². The summed E-state index contributed by atoms with van der Waals surface area (Å²) in [6, 6.07) is 23.5. The molecular weight excluding hydrogens is 474 g/mol. The topological polar surface area (TPSA) is 57.6 Å². The quantitative estimate of drug-likeness (QED) is 0.209. The van der Waals surface area contributed by atoms with Crippen LogP contribution in [0.15, 0.2) is 94.3 Å². The zero-order valence-electron chi connectivity index (χ0n) is 16.2. The standard InChI is InChI=1S/C25H16BrNO3S/c26-16-8-4-9-17(14-16)27-22(20-12-5-13-31-20)21(24(29)25(27)30)23(28)19-11-3-7-15-6-1-2-10-18(15)19/h1-14,22,28H/b23-21-. The summed E-state index contributed by atoms with van der Waals surface area (Å²) in [5, 5.41) is 15.0. The monoisotopic (exact) mass is 489 g/mol. The Morgan fingerprint density at radius 2 is 1.71 bits per heavy atom. The van der Waals surface area contributed by atoms with Crippen LogP contribution in [0.4, 0.5) is 5.69 Å². The Balaban J connectivity index is 1.77. The Bertz CT molecular complexity index is 1350. The molecule has 6 heteroatoms. The summed E-state index contributed by atoms with van der Waals surface area (Å²) in [5.41, 5.74) is 1.22. The van der Waals surface area contributed by atoms with E-state index in [1.54, 1.807) is 18.2 Å². The molecule has 1 fully saturated rings. The van der Waals surface area contributed by atoms with E-state index in [1.165, 1.54) is 16.2 Å². The minimum absolute atomic E-state index is 0.101. The molecule has 0 radical (unpaired) electrons. The maximum atomic E-state index is 13.2. The van der Waals surface area contributed by atoms with Crippen molar-refractivity contribution in [2.75, 3.05) is 4.90 Å². The zero-order valence-corrected chi connectivity index (χ0v) is 18.6. The number of aliphatic hydroxyl groups excluding tert-OH is 1. The van der Waals surface area contributed by atoms with Gasteiger partial charge in [0.25, 0.3) is 11.7 Å². The first kappa shape index (κ1) is 19.7. The summed E-state index contributed by atoms with van der Waals surface area (Å²) in [5.74, 6) is -1.51. The van der Waals surface area contributed by atoms with Gasteiger partial charge >= 0.3 is 0 Å². The van der Waals surface area contributed by atoms with Gasteiger partial charge in [-0.1, -0.05) is 70.5 Å². The van der Waals surface area contributed by atoms with E-state index >= 15 is 0 Å². The van der Waals surface area contributed by atoms with Gasteiger partial charge in [0, 0.05) is 20.6 Å². The van der Waals surface area contributed by atoms with Gasteiger partial charge in [-0.3, -0.25) is 14.5 Å². The number of nitrogens with zero attached hydrogens (tertiary/aromatic N) is 1. The van der Waals surface area contributed by atoms with Crippen molar-refractivity contribution in [1.82, 2.24) is 0 Å². The zero-order chi connectivity index (χ0) is 21.5. The van der Waals surface area contributed by atoms with Crippen molar-refractivity contribution in [3.05, 3.63) is 105 Å². The van der Waals surface area contributed by atoms with Gasteiger partial charge in [-0.05, 0) is 40.4 Å². The van der Waals surface area contributed by atoms with Crippen molar-refractivity contribution in [1.29, 1.82) is 0 Å². The molecule has 152 valence electrons. The fourth-order valence-electron chi connectivity index (χ4n) is 4.02. The van der Waals surface area contributed by atoms with Crippen LogP contribution in [-0.4, -0.2) is 16.8 Å². The summed E-state index contributed by atoms with van der Waals surface area (Å²) in [7, 11) is 0. The Hall–Kier alpha value is -3.22. The van der Waals surface area contributed by atoms with Gasteiger partial charge in [-0.25, -0.2) is 0 Å². The number of hydrogen-bond acceptors (Lipinski definition) is 4. The van der Waals surface area contributed by atoms with E-state index in [4.69, 9.17) is 0 Å². The molecular formula is C25H16BrNO3S. The highest BCUT2D eigenvalue weighted by atomic mass is 79.9. The molecule has 1 amide bonds. The lowest BCUT2D eigenvalue weighted by Gasteiger charge is -2.24. The van der Waals surface area contributed by atoms with Gasteiger partial charge in [0.05, 0.1) is 5.57 Å². The second-order valence-corrected chi connectivity index (χ2v) is 9.09. The fraction of sp³-hybridized carbons (Fsp3) is 0.0400. The van der Waals surface area contributed by atoms with Crippen LogP contribution in [0.25, 0.3) is 16.5 Å². The molecule has 0 bridgehead atoms. The molecule has 4 aromatic rings. The number of ketones is 1. The second-order valence-electron chi connectivity index (χ2n) is 7.19. The predicted molar refractivity (Wildman–Crippen MR) is 127 cm³/mol. The maximum absolute atomic E-state index is 13.2. The molecule has 1 unspecified atom stereocenters. The lowest BCUT2D eigenvalue weighted by Crippen LogP contribution is -2.29. The molecule has 31 heavy (non-hydrogen) atoms.